The standard InChI is InChI=1S/C13H26N2O3.ClH/c1-9(7-18-10-5-6-17-8-10)15-12(16)11(14)13(2,3)4;/h9-11H,5-8,14H2,1-4H3,(H,15,16);1H/t9?,10?,11-;/m1./s1. The number of hydrogen-bond donors (Lipinski definition) is 2. The van der Waals surface area contributed by atoms with Crippen LogP contribution in [-0.2, 0) is 14.3 Å². The summed E-state index contributed by atoms with van der Waals surface area (Å²) in [6.45, 7) is 9.69. The van der Waals surface area contributed by atoms with Gasteiger partial charge in [-0.1, -0.05) is 20.8 Å². The first kappa shape index (κ1) is 18.6. The third-order valence-corrected chi connectivity index (χ3v) is 3.07. The zero-order valence-corrected chi connectivity index (χ0v) is 13.1. The van der Waals surface area contributed by atoms with Crippen LogP contribution in [-0.4, -0.2) is 43.9 Å². The van der Waals surface area contributed by atoms with E-state index in [1.54, 1.807) is 0 Å². The quantitative estimate of drug-likeness (QED) is 0.796. The fraction of sp³-hybridized carbons (Fsp3) is 0.923. The molecule has 114 valence electrons. The van der Waals surface area contributed by atoms with Gasteiger partial charge in [0.1, 0.15) is 0 Å². The first-order valence-electron chi connectivity index (χ1n) is 6.56. The van der Waals surface area contributed by atoms with E-state index in [-0.39, 0.29) is 35.9 Å². The summed E-state index contributed by atoms with van der Waals surface area (Å²) in [4.78, 5) is 11.9. The van der Waals surface area contributed by atoms with E-state index < -0.39 is 6.04 Å². The maximum Gasteiger partial charge on any atom is 0.237 e. The van der Waals surface area contributed by atoms with Gasteiger partial charge in [-0.15, -0.1) is 12.4 Å². The van der Waals surface area contributed by atoms with Crippen LogP contribution in [0.1, 0.15) is 34.1 Å². The highest BCUT2D eigenvalue weighted by atomic mass is 35.5. The van der Waals surface area contributed by atoms with Gasteiger partial charge in [-0.05, 0) is 18.8 Å². The molecular weight excluding hydrogens is 268 g/mol. The highest BCUT2D eigenvalue weighted by Crippen LogP contribution is 2.17. The van der Waals surface area contributed by atoms with Crippen molar-refractivity contribution in [3.8, 4) is 0 Å². The summed E-state index contributed by atoms with van der Waals surface area (Å²) in [5.41, 5.74) is 5.66. The summed E-state index contributed by atoms with van der Waals surface area (Å²) in [5, 5.41) is 2.88. The topological polar surface area (TPSA) is 73.6 Å². The molecule has 0 aromatic carbocycles. The van der Waals surface area contributed by atoms with Gasteiger partial charge in [0.05, 0.1) is 25.4 Å². The molecule has 1 aliphatic rings. The molecule has 6 heteroatoms. The van der Waals surface area contributed by atoms with Gasteiger partial charge < -0.3 is 20.5 Å². The molecule has 0 aromatic heterocycles. The van der Waals surface area contributed by atoms with Gasteiger partial charge in [-0.3, -0.25) is 4.79 Å². The van der Waals surface area contributed by atoms with Gasteiger partial charge in [-0.2, -0.15) is 0 Å². The molecule has 0 aliphatic carbocycles. The van der Waals surface area contributed by atoms with Crippen molar-refractivity contribution in [2.45, 2.75) is 52.3 Å². The van der Waals surface area contributed by atoms with Crippen LogP contribution >= 0.6 is 12.4 Å². The number of amides is 1. The van der Waals surface area contributed by atoms with E-state index in [4.69, 9.17) is 15.2 Å². The Hall–Kier alpha value is -0.360. The molecule has 1 rings (SSSR count). The number of hydrogen-bond acceptors (Lipinski definition) is 4. The van der Waals surface area contributed by atoms with Crippen LogP contribution < -0.4 is 11.1 Å². The minimum absolute atomic E-state index is 0. The Bertz CT molecular complexity index is 276. The van der Waals surface area contributed by atoms with E-state index in [0.29, 0.717) is 13.2 Å². The minimum Gasteiger partial charge on any atom is -0.379 e. The van der Waals surface area contributed by atoms with Crippen molar-refractivity contribution >= 4 is 18.3 Å². The molecular formula is C13H27ClN2O3. The van der Waals surface area contributed by atoms with Crippen molar-refractivity contribution in [2.75, 3.05) is 19.8 Å². The molecule has 3 atom stereocenters. The number of carbonyl (C=O) groups excluding carboxylic acids is 1. The van der Waals surface area contributed by atoms with Gasteiger partial charge in [0.2, 0.25) is 5.91 Å². The summed E-state index contributed by atoms with van der Waals surface area (Å²) in [6, 6.07) is -0.540. The van der Waals surface area contributed by atoms with Crippen molar-refractivity contribution in [3.05, 3.63) is 0 Å². The van der Waals surface area contributed by atoms with E-state index in [2.05, 4.69) is 5.32 Å². The average molecular weight is 295 g/mol. The van der Waals surface area contributed by atoms with Crippen LogP contribution in [0, 0.1) is 5.41 Å². The maximum atomic E-state index is 11.9. The Morgan fingerprint density at radius 3 is 2.63 bits per heavy atom. The molecule has 1 aliphatic heterocycles. The molecule has 0 aromatic rings. The second-order valence-electron chi connectivity index (χ2n) is 6.07. The number of ether oxygens (including phenoxy) is 2. The molecule has 0 radical (unpaired) electrons. The Balaban J connectivity index is 0.00000324. The highest BCUT2D eigenvalue weighted by molar-refractivity contribution is 5.85. The lowest BCUT2D eigenvalue weighted by molar-refractivity contribution is -0.125. The molecule has 0 bridgehead atoms. The first-order chi connectivity index (χ1) is 8.30. The minimum atomic E-state index is -0.505. The van der Waals surface area contributed by atoms with Gasteiger partial charge >= 0.3 is 0 Å². The predicted molar refractivity (Wildman–Crippen MR) is 77.5 cm³/mol. The Kier molecular flexibility index (Phi) is 7.89. The van der Waals surface area contributed by atoms with Gasteiger partial charge in [0, 0.05) is 12.6 Å². The highest BCUT2D eigenvalue weighted by Gasteiger charge is 2.28. The second-order valence-corrected chi connectivity index (χ2v) is 6.07. The number of carbonyl (C=O) groups is 1. The summed E-state index contributed by atoms with van der Waals surface area (Å²) >= 11 is 0. The van der Waals surface area contributed by atoms with Crippen LogP contribution in [0.4, 0.5) is 0 Å². The number of nitrogens with one attached hydrogen (secondary N) is 1. The van der Waals surface area contributed by atoms with Gasteiger partial charge in [-0.25, -0.2) is 0 Å². The molecule has 3 N–H and O–H groups in total. The molecule has 1 heterocycles. The molecule has 5 nitrogen and oxygen atoms in total. The Morgan fingerprint density at radius 1 is 1.53 bits per heavy atom. The van der Waals surface area contributed by atoms with Gasteiger partial charge in [0.15, 0.2) is 0 Å². The van der Waals surface area contributed by atoms with Crippen LogP contribution in [0.25, 0.3) is 0 Å². The van der Waals surface area contributed by atoms with E-state index in [0.717, 1.165) is 13.0 Å². The third kappa shape index (κ3) is 6.56. The zero-order valence-electron chi connectivity index (χ0n) is 12.3. The summed E-state index contributed by atoms with van der Waals surface area (Å²) in [7, 11) is 0. The fourth-order valence-electron chi connectivity index (χ4n) is 1.69. The molecule has 19 heavy (non-hydrogen) atoms. The fourth-order valence-corrected chi connectivity index (χ4v) is 1.69. The summed E-state index contributed by atoms with van der Waals surface area (Å²) in [5.74, 6) is -0.124. The van der Waals surface area contributed by atoms with Crippen LogP contribution in [0.5, 0.6) is 0 Å². The lowest BCUT2D eigenvalue weighted by Crippen LogP contribution is -2.51. The molecule has 1 amide bonds. The second kappa shape index (κ2) is 8.04. The Labute approximate surface area is 122 Å². The van der Waals surface area contributed by atoms with E-state index in [9.17, 15) is 4.79 Å². The van der Waals surface area contributed by atoms with Crippen molar-refractivity contribution in [3.63, 3.8) is 0 Å². The SMILES string of the molecule is CC(COC1CCOC1)NC(=O)[C@@H](N)C(C)(C)C.Cl. The van der Waals surface area contributed by atoms with E-state index in [1.807, 2.05) is 27.7 Å². The van der Waals surface area contributed by atoms with Crippen molar-refractivity contribution in [1.82, 2.24) is 5.32 Å². The zero-order chi connectivity index (χ0) is 13.8. The van der Waals surface area contributed by atoms with Crippen LogP contribution in [0.15, 0.2) is 0 Å². The van der Waals surface area contributed by atoms with Crippen LogP contribution in [0.2, 0.25) is 0 Å². The number of rotatable bonds is 5. The molecule has 2 unspecified atom stereocenters. The molecule has 1 saturated heterocycles. The lowest BCUT2D eigenvalue weighted by atomic mass is 9.87. The van der Waals surface area contributed by atoms with Crippen LogP contribution in [0.3, 0.4) is 0 Å². The third-order valence-electron chi connectivity index (χ3n) is 3.07. The largest absolute Gasteiger partial charge is 0.379 e. The first-order valence-corrected chi connectivity index (χ1v) is 6.56. The summed E-state index contributed by atoms with van der Waals surface area (Å²) < 4.78 is 10.9. The molecule has 0 spiro atoms. The monoisotopic (exact) mass is 294 g/mol. The predicted octanol–water partition coefficient (Wildman–Crippen LogP) is 1.09. The van der Waals surface area contributed by atoms with Crippen molar-refractivity contribution in [2.24, 2.45) is 11.1 Å². The number of nitrogens with two attached hydrogens (primary N) is 1. The van der Waals surface area contributed by atoms with Gasteiger partial charge in [0.25, 0.3) is 0 Å². The summed E-state index contributed by atoms with van der Waals surface area (Å²) in [6.07, 6.45) is 1.10. The Morgan fingerprint density at radius 2 is 2.16 bits per heavy atom. The van der Waals surface area contributed by atoms with E-state index >= 15 is 0 Å². The average Bonchev–Trinajstić information content (AvgIpc) is 2.76. The smallest absolute Gasteiger partial charge is 0.237 e. The number of halogens is 1. The lowest BCUT2D eigenvalue weighted by Gasteiger charge is -2.27. The van der Waals surface area contributed by atoms with E-state index in [1.165, 1.54) is 0 Å². The van der Waals surface area contributed by atoms with Crippen molar-refractivity contribution in [1.29, 1.82) is 0 Å². The maximum absolute atomic E-state index is 11.9. The normalized spacial score (nSPS) is 22.5. The van der Waals surface area contributed by atoms with Crippen molar-refractivity contribution < 1.29 is 14.3 Å². The molecule has 1 fully saturated rings. The molecule has 0 saturated carbocycles.